The minimum atomic E-state index is -0.897. The number of carbonyl (C=O) groups excluding carboxylic acids is 1. The van der Waals surface area contributed by atoms with E-state index >= 15 is 0 Å². The summed E-state index contributed by atoms with van der Waals surface area (Å²) < 4.78 is 4.77. The first kappa shape index (κ1) is 8.53. The number of hydrogen-bond acceptors (Lipinski definition) is 3. The molecular formula is C8H14O3. The number of cyclic esters (lactones) is 1. The Kier molecular flexibility index (Phi) is 2.18. The molecule has 0 aromatic heterocycles. The van der Waals surface area contributed by atoms with Crippen molar-refractivity contribution >= 4 is 5.97 Å². The van der Waals surface area contributed by atoms with Gasteiger partial charge >= 0.3 is 5.97 Å². The van der Waals surface area contributed by atoms with E-state index in [1.165, 1.54) is 0 Å². The summed E-state index contributed by atoms with van der Waals surface area (Å²) >= 11 is 0. The molecule has 1 heterocycles. The second-order valence-electron chi connectivity index (χ2n) is 3.03. The SMILES string of the molecule is CCC1C(=O)OC[C@@]1(O)CC. The van der Waals surface area contributed by atoms with Crippen molar-refractivity contribution in [3.63, 3.8) is 0 Å². The Balaban J connectivity index is 2.75. The summed E-state index contributed by atoms with van der Waals surface area (Å²) in [5.74, 6) is -0.565. The van der Waals surface area contributed by atoms with Crippen molar-refractivity contribution in [2.75, 3.05) is 6.61 Å². The molecule has 0 radical (unpaired) electrons. The molecule has 64 valence electrons. The van der Waals surface area contributed by atoms with Crippen LogP contribution in [-0.2, 0) is 9.53 Å². The average Bonchev–Trinajstić information content (AvgIpc) is 2.29. The molecule has 0 spiro atoms. The van der Waals surface area contributed by atoms with Crippen molar-refractivity contribution in [2.24, 2.45) is 5.92 Å². The summed E-state index contributed by atoms with van der Waals surface area (Å²) in [5.41, 5.74) is -0.897. The number of ether oxygens (including phenoxy) is 1. The van der Waals surface area contributed by atoms with E-state index in [1.807, 2.05) is 13.8 Å². The van der Waals surface area contributed by atoms with E-state index in [0.717, 1.165) is 0 Å². The van der Waals surface area contributed by atoms with E-state index in [-0.39, 0.29) is 18.5 Å². The predicted molar refractivity (Wildman–Crippen MR) is 40.0 cm³/mol. The third kappa shape index (κ3) is 1.25. The maximum absolute atomic E-state index is 11.0. The first-order valence-electron chi connectivity index (χ1n) is 4.03. The fourth-order valence-electron chi connectivity index (χ4n) is 1.51. The summed E-state index contributed by atoms with van der Waals surface area (Å²) in [6, 6.07) is 0. The second kappa shape index (κ2) is 2.81. The molecule has 0 aliphatic carbocycles. The molecule has 1 unspecified atom stereocenters. The molecule has 3 heteroatoms. The minimum Gasteiger partial charge on any atom is -0.462 e. The molecule has 0 aromatic carbocycles. The largest absolute Gasteiger partial charge is 0.462 e. The lowest BCUT2D eigenvalue weighted by Crippen LogP contribution is -2.36. The first-order chi connectivity index (χ1) is 5.14. The highest BCUT2D eigenvalue weighted by molar-refractivity contribution is 5.76. The van der Waals surface area contributed by atoms with Crippen molar-refractivity contribution in [3.05, 3.63) is 0 Å². The zero-order valence-electron chi connectivity index (χ0n) is 6.96. The van der Waals surface area contributed by atoms with Crippen molar-refractivity contribution in [2.45, 2.75) is 32.3 Å². The Morgan fingerprint density at radius 1 is 1.73 bits per heavy atom. The lowest BCUT2D eigenvalue weighted by Gasteiger charge is -2.22. The van der Waals surface area contributed by atoms with Gasteiger partial charge in [-0.3, -0.25) is 4.79 Å². The molecule has 3 nitrogen and oxygen atoms in total. The fraction of sp³-hybridized carbons (Fsp3) is 0.875. The molecule has 0 saturated carbocycles. The fourth-order valence-corrected chi connectivity index (χ4v) is 1.51. The van der Waals surface area contributed by atoms with Gasteiger partial charge in [0.15, 0.2) is 0 Å². The number of aliphatic hydroxyl groups is 1. The lowest BCUT2D eigenvalue weighted by molar-refractivity contribution is -0.141. The minimum absolute atomic E-state index is 0.167. The van der Waals surface area contributed by atoms with Crippen LogP contribution in [0.25, 0.3) is 0 Å². The molecule has 2 atom stereocenters. The van der Waals surface area contributed by atoms with Crippen molar-refractivity contribution in [1.82, 2.24) is 0 Å². The van der Waals surface area contributed by atoms with E-state index in [2.05, 4.69) is 0 Å². The van der Waals surface area contributed by atoms with Crippen LogP contribution in [0.2, 0.25) is 0 Å². The van der Waals surface area contributed by atoms with Crippen molar-refractivity contribution < 1.29 is 14.6 Å². The van der Waals surface area contributed by atoms with Crippen LogP contribution < -0.4 is 0 Å². The van der Waals surface area contributed by atoms with Crippen LogP contribution in [0.1, 0.15) is 26.7 Å². The van der Waals surface area contributed by atoms with E-state index in [4.69, 9.17) is 4.74 Å². The molecule has 1 saturated heterocycles. The van der Waals surface area contributed by atoms with Crippen LogP contribution in [0.4, 0.5) is 0 Å². The number of esters is 1. The summed E-state index contributed by atoms with van der Waals surface area (Å²) in [6.45, 7) is 3.92. The maximum Gasteiger partial charge on any atom is 0.312 e. The van der Waals surface area contributed by atoms with E-state index in [1.54, 1.807) is 0 Å². The first-order valence-corrected chi connectivity index (χ1v) is 4.03. The summed E-state index contributed by atoms with van der Waals surface area (Å²) in [4.78, 5) is 11.0. The molecular weight excluding hydrogens is 144 g/mol. The molecule has 1 rings (SSSR count). The summed E-state index contributed by atoms with van der Waals surface area (Å²) in [7, 11) is 0. The van der Waals surface area contributed by atoms with Crippen LogP contribution in [0.3, 0.4) is 0 Å². The third-order valence-electron chi connectivity index (χ3n) is 2.42. The lowest BCUT2D eigenvalue weighted by atomic mass is 9.86. The zero-order valence-corrected chi connectivity index (χ0v) is 6.96. The Morgan fingerprint density at radius 2 is 2.36 bits per heavy atom. The second-order valence-corrected chi connectivity index (χ2v) is 3.03. The van der Waals surface area contributed by atoms with Crippen LogP contribution in [0.5, 0.6) is 0 Å². The van der Waals surface area contributed by atoms with Crippen molar-refractivity contribution in [1.29, 1.82) is 0 Å². The zero-order chi connectivity index (χ0) is 8.48. The van der Waals surface area contributed by atoms with Gasteiger partial charge in [-0.1, -0.05) is 13.8 Å². The Morgan fingerprint density at radius 3 is 2.73 bits per heavy atom. The number of carbonyl (C=O) groups is 1. The summed E-state index contributed by atoms with van der Waals surface area (Å²) in [5, 5.41) is 9.78. The average molecular weight is 158 g/mol. The smallest absolute Gasteiger partial charge is 0.312 e. The van der Waals surface area contributed by atoms with Gasteiger partial charge < -0.3 is 9.84 Å². The topological polar surface area (TPSA) is 46.5 Å². The molecule has 1 fully saturated rings. The molecule has 0 aromatic rings. The Labute approximate surface area is 66.4 Å². The number of rotatable bonds is 2. The van der Waals surface area contributed by atoms with E-state index in [9.17, 15) is 9.90 Å². The quantitative estimate of drug-likeness (QED) is 0.602. The maximum atomic E-state index is 11.0. The van der Waals surface area contributed by atoms with Gasteiger partial charge in [-0.2, -0.15) is 0 Å². The van der Waals surface area contributed by atoms with Gasteiger partial charge in [0, 0.05) is 0 Å². The molecule has 0 amide bonds. The van der Waals surface area contributed by atoms with Crippen LogP contribution in [0.15, 0.2) is 0 Å². The third-order valence-corrected chi connectivity index (χ3v) is 2.42. The van der Waals surface area contributed by atoms with Gasteiger partial charge in [-0.25, -0.2) is 0 Å². The van der Waals surface area contributed by atoms with Gasteiger partial charge in [0.05, 0.1) is 5.92 Å². The highest BCUT2D eigenvalue weighted by Gasteiger charge is 2.46. The van der Waals surface area contributed by atoms with Crippen LogP contribution in [0, 0.1) is 5.92 Å². The van der Waals surface area contributed by atoms with Gasteiger partial charge in [0.2, 0.25) is 0 Å². The predicted octanol–water partition coefficient (Wildman–Crippen LogP) is 0.711. The molecule has 1 N–H and O–H groups in total. The highest BCUT2D eigenvalue weighted by Crippen LogP contribution is 2.31. The van der Waals surface area contributed by atoms with E-state index in [0.29, 0.717) is 12.8 Å². The van der Waals surface area contributed by atoms with E-state index < -0.39 is 5.60 Å². The normalized spacial score (nSPS) is 37.4. The molecule has 1 aliphatic heterocycles. The Bertz CT molecular complexity index is 167. The standard InChI is InChI=1S/C8H14O3/c1-3-6-7(9)11-5-8(6,10)4-2/h6,10H,3-5H2,1-2H3/t6?,8-/m0/s1. The van der Waals surface area contributed by atoms with Gasteiger partial charge in [-0.15, -0.1) is 0 Å². The van der Waals surface area contributed by atoms with Gasteiger partial charge in [0.1, 0.15) is 12.2 Å². The molecule has 1 aliphatic rings. The number of hydrogen-bond donors (Lipinski definition) is 1. The van der Waals surface area contributed by atoms with Gasteiger partial charge in [0.25, 0.3) is 0 Å². The van der Waals surface area contributed by atoms with Crippen molar-refractivity contribution in [3.8, 4) is 0 Å². The van der Waals surface area contributed by atoms with Crippen LogP contribution in [-0.4, -0.2) is 23.3 Å². The highest BCUT2D eigenvalue weighted by atomic mass is 16.6. The Hall–Kier alpha value is -0.570. The van der Waals surface area contributed by atoms with Gasteiger partial charge in [-0.05, 0) is 12.8 Å². The molecule has 11 heavy (non-hydrogen) atoms. The monoisotopic (exact) mass is 158 g/mol. The summed E-state index contributed by atoms with van der Waals surface area (Å²) in [6.07, 6.45) is 1.24. The van der Waals surface area contributed by atoms with Crippen LogP contribution >= 0.6 is 0 Å². The molecule has 0 bridgehead atoms.